The van der Waals surface area contributed by atoms with Crippen LogP contribution in [0.4, 0.5) is 14.5 Å². The molecule has 0 atom stereocenters. The van der Waals surface area contributed by atoms with E-state index in [1.807, 2.05) is 0 Å². The Hall–Kier alpha value is -2.13. The van der Waals surface area contributed by atoms with Crippen molar-refractivity contribution in [3.63, 3.8) is 0 Å². The zero-order valence-corrected chi connectivity index (χ0v) is 9.45. The number of hydrogen-bond donors (Lipinski definition) is 2. The molecule has 4 nitrogen and oxygen atoms in total. The average molecular weight is 254 g/mol. The van der Waals surface area contributed by atoms with Gasteiger partial charge in [0.05, 0.1) is 13.1 Å². The van der Waals surface area contributed by atoms with Crippen molar-refractivity contribution in [2.45, 2.75) is 6.61 Å². The van der Waals surface area contributed by atoms with E-state index in [-0.39, 0.29) is 18.2 Å². The molecule has 0 saturated heterocycles. The second-order valence-electron chi connectivity index (χ2n) is 3.26. The monoisotopic (exact) mass is 254 g/mol. The van der Waals surface area contributed by atoms with Crippen LogP contribution in [0, 0.1) is 12.3 Å². The van der Waals surface area contributed by atoms with Crippen LogP contribution in [0.1, 0.15) is 0 Å². The Kier molecular flexibility index (Phi) is 5.61. The molecule has 96 valence electrons. The third-order valence-electron chi connectivity index (χ3n) is 1.88. The summed E-state index contributed by atoms with van der Waals surface area (Å²) in [6.45, 7) is -2.48. The molecule has 0 fully saturated rings. The zero-order valence-electron chi connectivity index (χ0n) is 9.45. The maximum absolute atomic E-state index is 11.9. The number of anilines is 1. The van der Waals surface area contributed by atoms with Gasteiger partial charge in [-0.1, -0.05) is 5.92 Å². The van der Waals surface area contributed by atoms with E-state index in [1.165, 1.54) is 24.3 Å². The van der Waals surface area contributed by atoms with Gasteiger partial charge in [0.1, 0.15) is 5.75 Å². The number of rotatable bonds is 6. The van der Waals surface area contributed by atoms with Crippen LogP contribution in [0.5, 0.6) is 5.75 Å². The number of terminal acetylenes is 1. The molecule has 0 aliphatic rings. The summed E-state index contributed by atoms with van der Waals surface area (Å²) < 4.78 is 27.9. The summed E-state index contributed by atoms with van der Waals surface area (Å²) in [6, 6.07) is 5.63. The van der Waals surface area contributed by atoms with E-state index >= 15 is 0 Å². The Labute approximate surface area is 103 Å². The standard InChI is InChI=1S/C12H12F2N2O2/c1-2-7-15-8-11(17)16-9-3-5-10(6-4-9)18-12(13)14/h1,3-6,12,15H,7-8H2,(H,16,17). The number of carbonyl (C=O) groups excluding carboxylic acids is 1. The molecule has 1 aromatic rings. The highest BCUT2D eigenvalue weighted by molar-refractivity contribution is 5.92. The van der Waals surface area contributed by atoms with E-state index < -0.39 is 6.61 Å². The molecule has 0 saturated carbocycles. The number of hydrogen-bond acceptors (Lipinski definition) is 3. The normalized spacial score (nSPS) is 9.89. The van der Waals surface area contributed by atoms with E-state index in [0.717, 1.165) is 0 Å². The summed E-state index contributed by atoms with van der Waals surface area (Å²) in [5.74, 6) is 2.10. The maximum Gasteiger partial charge on any atom is 0.387 e. The highest BCUT2D eigenvalue weighted by Gasteiger charge is 2.05. The molecular formula is C12H12F2N2O2. The van der Waals surface area contributed by atoms with E-state index in [2.05, 4.69) is 21.3 Å². The van der Waals surface area contributed by atoms with Crippen molar-refractivity contribution in [3.8, 4) is 18.1 Å². The number of alkyl halides is 2. The van der Waals surface area contributed by atoms with E-state index in [9.17, 15) is 13.6 Å². The second kappa shape index (κ2) is 7.25. The van der Waals surface area contributed by atoms with Crippen molar-refractivity contribution in [1.82, 2.24) is 5.32 Å². The first-order valence-electron chi connectivity index (χ1n) is 5.10. The first-order valence-corrected chi connectivity index (χ1v) is 5.10. The number of amides is 1. The smallest absolute Gasteiger partial charge is 0.387 e. The number of ether oxygens (including phenoxy) is 1. The highest BCUT2D eigenvalue weighted by Crippen LogP contribution is 2.17. The van der Waals surface area contributed by atoms with Crippen LogP contribution in [0.2, 0.25) is 0 Å². The van der Waals surface area contributed by atoms with Crippen molar-refractivity contribution >= 4 is 11.6 Å². The molecule has 0 radical (unpaired) electrons. The molecule has 0 heterocycles. The van der Waals surface area contributed by atoms with Crippen LogP contribution in [0.15, 0.2) is 24.3 Å². The Morgan fingerprint density at radius 3 is 2.61 bits per heavy atom. The first kappa shape index (κ1) is 13.9. The van der Waals surface area contributed by atoms with Crippen molar-refractivity contribution in [1.29, 1.82) is 0 Å². The lowest BCUT2D eigenvalue weighted by atomic mass is 10.3. The average Bonchev–Trinajstić information content (AvgIpc) is 2.31. The van der Waals surface area contributed by atoms with Crippen LogP contribution in [0.3, 0.4) is 0 Å². The van der Waals surface area contributed by atoms with Gasteiger partial charge in [0.25, 0.3) is 0 Å². The Morgan fingerprint density at radius 1 is 1.39 bits per heavy atom. The fourth-order valence-electron chi connectivity index (χ4n) is 1.17. The van der Waals surface area contributed by atoms with Crippen LogP contribution >= 0.6 is 0 Å². The Bertz CT molecular complexity index is 427. The Balaban J connectivity index is 2.43. The highest BCUT2D eigenvalue weighted by atomic mass is 19.3. The number of nitrogens with one attached hydrogen (secondary N) is 2. The molecule has 1 amide bonds. The Morgan fingerprint density at radius 2 is 2.06 bits per heavy atom. The fourth-order valence-corrected chi connectivity index (χ4v) is 1.17. The molecule has 1 rings (SSSR count). The van der Waals surface area contributed by atoms with Gasteiger partial charge in [-0.2, -0.15) is 8.78 Å². The van der Waals surface area contributed by atoms with Crippen molar-refractivity contribution in [3.05, 3.63) is 24.3 Å². The van der Waals surface area contributed by atoms with Crippen LogP contribution in [-0.2, 0) is 4.79 Å². The number of benzene rings is 1. The maximum atomic E-state index is 11.9. The van der Waals surface area contributed by atoms with E-state index in [1.54, 1.807) is 0 Å². The SMILES string of the molecule is C#CCNCC(=O)Nc1ccc(OC(F)F)cc1. The largest absolute Gasteiger partial charge is 0.435 e. The van der Waals surface area contributed by atoms with Crippen LogP contribution < -0.4 is 15.4 Å². The van der Waals surface area contributed by atoms with Gasteiger partial charge in [0.15, 0.2) is 0 Å². The third-order valence-corrected chi connectivity index (χ3v) is 1.88. The zero-order chi connectivity index (χ0) is 13.4. The van der Waals surface area contributed by atoms with Gasteiger partial charge in [-0.05, 0) is 24.3 Å². The lowest BCUT2D eigenvalue weighted by molar-refractivity contribution is -0.115. The van der Waals surface area contributed by atoms with Crippen LogP contribution in [0.25, 0.3) is 0 Å². The predicted molar refractivity (Wildman–Crippen MR) is 63.4 cm³/mol. The van der Waals surface area contributed by atoms with Crippen molar-refractivity contribution < 1.29 is 18.3 Å². The van der Waals surface area contributed by atoms with Crippen LogP contribution in [-0.4, -0.2) is 25.6 Å². The summed E-state index contributed by atoms with van der Waals surface area (Å²) in [5, 5.41) is 5.29. The molecule has 0 aliphatic carbocycles. The lowest BCUT2D eigenvalue weighted by Crippen LogP contribution is -2.28. The molecule has 1 aromatic carbocycles. The molecule has 0 aromatic heterocycles. The molecule has 6 heteroatoms. The molecule has 0 spiro atoms. The quantitative estimate of drug-likeness (QED) is 0.596. The van der Waals surface area contributed by atoms with Crippen molar-refractivity contribution in [2.24, 2.45) is 0 Å². The minimum Gasteiger partial charge on any atom is -0.435 e. The number of carbonyl (C=O) groups is 1. The summed E-state index contributed by atoms with van der Waals surface area (Å²) in [7, 11) is 0. The minimum atomic E-state index is -2.86. The van der Waals surface area contributed by atoms with Gasteiger partial charge < -0.3 is 10.1 Å². The summed E-state index contributed by atoms with van der Waals surface area (Å²) in [6.07, 6.45) is 5.00. The predicted octanol–water partition coefficient (Wildman–Crippen LogP) is 1.45. The molecule has 2 N–H and O–H groups in total. The second-order valence-corrected chi connectivity index (χ2v) is 3.26. The van der Waals surface area contributed by atoms with Gasteiger partial charge in [-0.3, -0.25) is 10.1 Å². The summed E-state index contributed by atoms with van der Waals surface area (Å²) in [4.78, 5) is 11.4. The van der Waals surface area contributed by atoms with Gasteiger partial charge in [0, 0.05) is 5.69 Å². The van der Waals surface area contributed by atoms with Gasteiger partial charge in [-0.15, -0.1) is 6.42 Å². The van der Waals surface area contributed by atoms with Gasteiger partial charge >= 0.3 is 6.61 Å². The third kappa shape index (κ3) is 5.27. The molecular weight excluding hydrogens is 242 g/mol. The van der Waals surface area contributed by atoms with E-state index in [0.29, 0.717) is 12.2 Å². The first-order chi connectivity index (χ1) is 8.61. The summed E-state index contributed by atoms with van der Waals surface area (Å²) in [5.41, 5.74) is 0.490. The molecule has 0 aliphatic heterocycles. The van der Waals surface area contributed by atoms with Crippen molar-refractivity contribution in [2.75, 3.05) is 18.4 Å². The van der Waals surface area contributed by atoms with Gasteiger partial charge in [0.2, 0.25) is 5.91 Å². The van der Waals surface area contributed by atoms with E-state index in [4.69, 9.17) is 6.42 Å². The molecule has 18 heavy (non-hydrogen) atoms. The topological polar surface area (TPSA) is 50.4 Å². The molecule has 0 bridgehead atoms. The molecule has 0 unspecified atom stereocenters. The lowest BCUT2D eigenvalue weighted by Gasteiger charge is -2.07. The van der Waals surface area contributed by atoms with Gasteiger partial charge in [-0.25, -0.2) is 0 Å². The number of halogens is 2. The fraction of sp³-hybridized carbons (Fsp3) is 0.250. The minimum absolute atomic E-state index is 0.0356. The summed E-state index contributed by atoms with van der Waals surface area (Å²) >= 11 is 0.